The molecule has 5 nitrogen and oxygen atoms in total. The lowest BCUT2D eigenvalue weighted by molar-refractivity contribution is -0.380. The topological polar surface area (TPSA) is 72.2 Å². The van der Waals surface area contributed by atoms with E-state index < -0.39 is 4.92 Å². The first kappa shape index (κ1) is 10.4. The standard InChI is InChI=1S/C8H8N2O3S/c1-9-7(11)4-2-6-3-5-8(14-6)10(12)13/h2-5H,1H3,(H,9,11)/b4-2+. The number of likely N-dealkylation sites (N-methyl/N-ethyl adjacent to an activating group) is 1. The van der Waals surface area contributed by atoms with Gasteiger partial charge in [0.15, 0.2) is 0 Å². The molecule has 1 N–H and O–H groups in total. The largest absolute Gasteiger partial charge is 0.356 e. The Hall–Kier alpha value is -1.69. The van der Waals surface area contributed by atoms with Gasteiger partial charge in [-0.3, -0.25) is 14.9 Å². The molecular weight excluding hydrogens is 204 g/mol. The smallest absolute Gasteiger partial charge is 0.324 e. The van der Waals surface area contributed by atoms with Crippen LogP contribution in [0.3, 0.4) is 0 Å². The number of nitrogens with one attached hydrogen (secondary N) is 1. The lowest BCUT2D eigenvalue weighted by atomic mass is 10.4. The van der Waals surface area contributed by atoms with E-state index >= 15 is 0 Å². The van der Waals surface area contributed by atoms with Crippen LogP contribution >= 0.6 is 11.3 Å². The highest BCUT2D eigenvalue weighted by atomic mass is 32.1. The summed E-state index contributed by atoms with van der Waals surface area (Å²) < 4.78 is 0. The summed E-state index contributed by atoms with van der Waals surface area (Å²) in [4.78, 5) is 21.3. The van der Waals surface area contributed by atoms with Gasteiger partial charge in [0.05, 0.1) is 4.92 Å². The maximum absolute atomic E-state index is 10.8. The predicted molar refractivity (Wildman–Crippen MR) is 54.1 cm³/mol. The van der Waals surface area contributed by atoms with E-state index in [0.717, 1.165) is 11.3 Å². The van der Waals surface area contributed by atoms with Crippen LogP contribution in [0.1, 0.15) is 4.88 Å². The first-order chi connectivity index (χ1) is 6.63. The zero-order valence-corrected chi connectivity index (χ0v) is 8.21. The Balaban J connectivity index is 2.73. The van der Waals surface area contributed by atoms with E-state index in [2.05, 4.69) is 5.32 Å². The summed E-state index contributed by atoms with van der Waals surface area (Å²) in [6.45, 7) is 0. The second-order valence-corrected chi connectivity index (χ2v) is 3.47. The Morgan fingerprint density at radius 1 is 1.64 bits per heavy atom. The van der Waals surface area contributed by atoms with Crippen molar-refractivity contribution in [2.45, 2.75) is 0 Å². The molecule has 1 aromatic rings. The fourth-order valence-electron chi connectivity index (χ4n) is 0.771. The molecule has 0 unspecified atom stereocenters. The number of carbonyl (C=O) groups is 1. The van der Waals surface area contributed by atoms with Crippen molar-refractivity contribution in [3.8, 4) is 0 Å². The number of thiophene rings is 1. The van der Waals surface area contributed by atoms with E-state index in [4.69, 9.17) is 0 Å². The number of nitro groups is 1. The summed E-state index contributed by atoms with van der Waals surface area (Å²) in [6.07, 6.45) is 2.87. The molecule has 1 heterocycles. The average Bonchev–Trinajstić information content (AvgIpc) is 2.62. The van der Waals surface area contributed by atoms with E-state index in [0.29, 0.717) is 4.88 Å². The van der Waals surface area contributed by atoms with Crippen molar-refractivity contribution in [2.24, 2.45) is 0 Å². The molecule has 0 saturated carbocycles. The van der Waals surface area contributed by atoms with E-state index in [1.54, 1.807) is 6.07 Å². The maximum Gasteiger partial charge on any atom is 0.324 e. The van der Waals surface area contributed by atoms with E-state index in [1.807, 2.05) is 0 Å². The summed E-state index contributed by atoms with van der Waals surface area (Å²) in [6, 6.07) is 3.01. The highest BCUT2D eigenvalue weighted by Crippen LogP contribution is 2.24. The molecule has 0 aliphatic heterocycles. The average molecular weight is 212 g/mol. The summed E-state index contributed by atoms with van der Waals surface area (Å²) in [5, 5.41) is 12.8. The molecule has 0 fully saturated rings. The van der Waals surface area contributed by atoms with Crippen LogP contribution < -0.4 is 5.32 Å². The molecular formula is C8H8N2O3S. The van der Waals surface area contributed by atoms with Crippen molar-refractivity contribution in [2.75, 3.05) is 7.05 Å². The van der Waals surface area contributed by atoms with Crippen molar-refractivity contribution in [1.29, 1.82) is 0 Å². The molecule has 6 heteroatoms. The van der Waals surface area contributed by atoms with Crippen LogP contribution in [0.25, 0.3) is 6.08 Å². The summed E-state index contributed by atoms with van der Waals surface area (Å²) in [5.41, 5.74) is 0. The second-order valence-electron chi connectivity index (χ2n) is 2.38. The molecule has 0 spiro atoms. The van der Waals surface area contributed by atoms with Crippen LogP contribution in [0.4, 0.5) is 5.00 Å². The van der Waals surface area contributed by atoms with Gasteiger partial charge in [-0.15, -0.1) is 0 Å². The molecule has 0 bridgehead atoms. The second kappa shape index (κ2) is 4.52. The minimum absolute atomic E-state index is 0.0709. The van der Waals surface area contributed by atoms with Crippen LogP contribution in [0.5, 0.6) is 0 Å². The van der Waals surface area contributed by atoms with Crippen molar-refractivity contribution in [3.63, 3.8) is 0 Å². The van der Waals surface area contributed by atoms with Crippen molar-refractivity contribution >= 4 is 28.3 Å². The molecule has 74 valence electrons. The van der Waals surface area contributed by atoms with Crippen molar-refractivity contribution in [1.82, 2.24) is 5.32 Å². The minimum Gasteiger partial charge on any atom is -0.356 e. The number of hydrogen-bond donors (Lipinski definition) is 1. The van der Waals surface area contributed by atoms with Gasteiger partial charge in [-0.1, -0.05) is 11.3 Å². The van der Waals surface area contributed by atoms with Crippen LogP contribution in [-0.4, -0.2) is 17.9 Å². The third kappa shape index (κ3) is 2.67. The third-order valence-corrected chi connectivity index (χ3v) is 2.44. The Labute approximate surface area is 84.2 Å². The number of carbonyl (C=O) groups excluding carboxylic acids is 1. The fourth-order valence-corrected chi connectivity index (χ4v) is 1.50. The molecule has 1 aromatic heterocycles. The minimum atomic E-state index is -0.456. The monoisotopic (exact) mass is 212 g/mol. The molecule has 0 radical (unpaired) electrons. The molecule has 14 heavy (non-hydrogen) atoms. The maximum atomic E-state index is 10.8. The number of rotatable bonds is 3. The van der Waals surface area contributed by atoms with Crippen LogP contribution in [0, 0.1) is 10.1 Å². The van der Waals surface area contributed by atoms with E-state index in [1.165, 1.54) is 25.3 Å². The lowest BCUT2D eigenvalue weighted by Crippen LogP contribution is -2.13. The molecule has 0 aliphatic rings. The van der Waals surface area contributed by atoms with Gasteiger partial charge in [-0.05, 0) is 12.1 Å². The highest BCUT2D eigenvalue weighted by Gasteiger charge is 2.07. The quantitative estimate of drug-likeness (QED) is 0.468. The normalized spacial score (nSPS) is 10.4. The fraction of sp³-hybridized carbons (Fsp3) is 0.125. The molecule has 0 aliphatic carbocycles. The van der Waals surface area contributed by atoms with Gasteiger partial charge in [0, 0.05) is 24.1 Å². The van der Waals surface area contributed by atoms with Crippen LogP contribution in [0.15, 0.2) is 18.2 Å². The van der Waals surface area contributed by atoms with Gasteiger partial charge in [0.25, 0.3) is 0 Å². The Morgan fingerprint density at radius 2 is 2.36 bits per heavy atom. The zero-order valence-electron chi connectivity index (χ0n) is 7.39. The van der Waals surface area contributed by atoms with Gasteiger partial charge < -0.3 is 5.32 Å². The molecule has 1 amide bonds. The van der Waals surface area contributed by atoms with Crippen LogP contribution in [0.2, 0.25) is 0 Å². The lowest BCUT2D eigenvalue weighted by Gasteiger charge is -1.87. The first-order valence-corrected chi connectivity index (χ1v) is 4.59. The SMILES string of the molecule is CNC(=O)/C=C/c1ccc([N+](=O)[O-])s1. The third-order valence-electron chi connectivity index (χ3n) is 1.44. The van der Waals surface area contributed by atoms with E-state index in [-0.39, 0.29) is 10.9 Å². The Kier molecular flexibility index (Phi) is 3.35. The molecule has 1 rings (SSSR count). The van der Waals surface area contributed by atoms with E-state index in [9.17, 15) is 14.9 Å². The Morgan fingerprint density at radius 3 is 2.86 bits per heavy atom. The molecule has 0 saturated heterocycles. The molecule has 0 aromatic carbocycles. The summed E-state index contributed by atoms with van der Waals surface area (Å²) in [5.74, 6) is -0.235. The van der Waals surface area contributed by atoms with Crippen molar-refractivity contribution < 1.29 is 9.72 Å². The number of amides is 1. The number of hydrogen-bond acceptors (Lipinski definition) is 4. The van der Waals surface area contributed by atoms with Gasteiger partial charge in [-0.2, -0.15) is 0 Å². The highest BCUT2D eigenvalue weighted by molar-refractivity contribution is 7.16. The van der Waals surface area contributed by atoms with Gasteiger partial charge >= 0.3 is 5.00 Å². The van der Waals surface area contributed by atoms with Gasteiger partial charge in [-0.25, -0.2) is 0 Å². The van der Waals surface area contributed by atoms with Gasteiger partial charge in [0.2, 0.25) is 5.91 Å². The van der Waals surface area contributed by atoms with Gasteiger partial charge in [0.1, 0.15) is 0 Å². The first-order valence-electron chi connectivity index (χ1n) is 3.77. The number of nitrogens with zero attached hydrogens (tertiary/aromatic N) is 1. The summed E-state index contributed by atoms with van der Waals surface area (Å²) in [7, 11) is 1.52. The zero-order chi connectivity index (χ0) is 10.6. The summed E-state index contributed by atoms with van der Waals surface area (Å²) >= 11 is 1.03. The Bertz CT molecular complexity index is 384. The molecule has 0 atom stereocenters. The predicted octanol–water partition coefficient (Wildman–Crippen LogP) is 1.42. The van der Waals surface area contributed by atoms with Crippen molar-refractivity contribution in [3.05, 3.63) is 33.2 Å². The van der Waals surface area contributed by atoms with Crippen LogP contribution in [-0.2, 0) is 4.79 Å².